The Morgan fingerprint density at radius 3 is 2.73 bits per heavy atom. The Hall–Kier alpha value is -3.05. The van der Waals surface area contributed by atoms with Crippen LogP contribution in [0.4, 0.5) is 11.4 Å². The number of rotatable bonds is 7. The van der Waals surface area contributed by atoms with Crippen LogP contribution in [-0.2, 0) is 9.59 Å². The van der Waals surface area contributed by atoms with E-state index in [1.54, 1.807) is 35.2 Å². The first-order chi connectivity index (χ1) is 14.4. The van der Waals surface area contributed by atoms with Crippen molar-refractivity contribution in [2.75, 3.05) is 23.7 Å². The first-order valence-corrected chi connectivity index (χ1v) is 10.3. The smallest absolute Gasteiger partial charge is 0.239 e. The summed E-state index contributed by atoms with van der Waals surface area (Å²) in [7, 11) is 0. The molecular weight excluding hydrogens is 398 g/mol. The van der Waals surface area contributed by atoms with E-state index in [9.17, 15) is 9.59 Å². The van der Waals surface area contributed by atoms with Crippen molar-refractivity contribution >= 4 is 40.4 Å². The second kappa shape index (κ2) is 9.63. The van der Waals surface area contributed by atoms with Crippen molar-refractivity contribution in [3.05, 3.63) is 77.3 Å². The summed E-state index contributed by atoms with van der Waals surface area (Å²) in [6.45, 7) is 6.74. The molecule has 30 heavy (non-hydrogen) atoms. The molecule has 2 amide bonds. The lowest BCUT2D eigenvalue weighted by Crippen LogP contribution is -2.37. The number of anilines is 2. The Bertz CT molecular complexity index is 982. The number of allylic oxidation sites excluding steroid dienone is 2. The fourth-order valence-electron chi connectivity index (χ4n) is 3.67. The summed E-state index contributed by atoms with van der Waals surface area (Å²) in [5.74, 6) is -1.08. The van der Waals surface area contributed by atoms with Gasteiger partial charge in [-0.05, 0) is 72.9 Å². The van der Waals surface area contributed by atoms with Gasteiger partial charge in [-0.25, -0.2) is 0 Å². The molecule has 1 aliphatic heterocycles. The molecular formula is C24H26ClN3O2. The van der Waals surface area contributed by atoms with Gasteiger partial charge in [0.15, 0.2) is 0 Å². The number of nitrogens with two attached hydrogens (primary N) is 1. The Morgan fingerprint density at radius 2 is 2.03 bits per heavy atom. The number of nitrogens with one attached hydrogen (secondary N) is 1. The molecule has 0 aromatic heterocycles. The van der Waals surface area contributed by atoms with Crippen LogP contribution in [0.3, 0.4) is 0 Å². The molecule has 3 N–H and O–H groups in total. The van der Waals surface area contributed by atoms with Crippen molar-refractivity contribution in [1.82, 2.24) is 5.32 Å². The van der Waals surface area contributed by atoms with E-state index in [-0.39, 0.29) is 11.8 Å². The summed E-state index contributed by atoms with van der Waals surface area (Å²) >= 11 is 6.15. The van der Waals surface area contributed by atoms with Crippen LogP contribution >= 0.6 is 11.6 Å². The van der Waals surface area contributed by atoms with Crippen molar-refractivity contribution in [1.29, 1.82) is 0 Å². The number of nitrogen functional groups attached to an aromatic ring is 1. The van der Waals surface area contributed by atoms with Gasteiger partial charge in [-0.3, -0.25) is 9.59 Å². The van der Waals surface area contributed by atoms with E-state index in [0.717, 1.165) is 22.4 Å². The molecule has 1 saturated heterocycles. The number of nitrogens with zero attached hydrogens (tertiary/aromatic N) is 1. The molecule has 0 spiro atoms. The van der Waals surface area contributed by atoms with E-state index in [4.69, 9.17) is 17.3 Å². The second-order valence-corrected chi connectivity index (χ2v) is 7.79. The van der Waals surface area contributed by atoms with Gasteiger partial charge in [-0.15, -0.1) is 0 Å². The van der Waals surface area contributed by atoms with Gasteiger partial charge in [0.05, 0.1) is 0 Å². The first-order valence-electron chi connectivity index (χ1n) is 9.93. The highest BCUT2D eigenvalue weighted by molar-refractivity contribution is 6.30. The predicted octanol–water partition coefficient (Wildman–Crippen LogP) is 4.36. The molecule has 156 valence electrons. The molecule has 0 aliphatic carbocycles. The molecule has 1 aliphatic rings. The summed E-state index contributed by atoms with van der Waals surface area (Å²) in [4.78, 5) is 27.0. The van der Waals surface area contributed by atoms with Crippen molar-refractivity contribution < 1.29 is 9.59 Å². The quantitative estimate of drug-likeness (QED) is 0.394. The van der Waals surface area contributed by atoms with Gasteiger partial charge < -0.3 is 16.0 Å². The van der Waals surface area contributed by atoms with Gasteiger partial charge in [-0.2, -0.15) is 0 Å². The molecule has 3 rings (SSSR count). The van der Waals surface area contributed by atoms with Crippen LogP contribution in [0.2, 0.25) is 5.02 Å². The molecule has 1 unspecified atom stereocenters. The van der Waals surface area contributed by atoms with Crippen LogP contribution in [0.5, 0.6) is 0 Å². The Labute approximate surface area is 182 Å². The number of halogens is 1. The third-order valence-corrected chi connectivity index (χ3v) is 5.52. The zero-order chi connectivity index (χ0) is 21.7. The maximum atomic E-state index is 12.7. The summed E-state index contributed by atoms with van der Waals surface area (Å²) < 4.78 is 0. The molecule has 1 heterocycles. The summed E-state index contributed by atoms with van der Waals surface area (Å²) in [6, 6.07) is 12.8. The van der Waals surface area contributed by atoms with Crippen molar-refractivity contribution in [3.8, 4) is 0 Å². The fraction of sp³-hybridized carbons (Fsp3) is 0.250. The third kappa shape index (κ3) is 4.92. The van der Waals surface area contributed by atoms with Gasteiger partial charge in [0.2, 0.25) is 11.8 Å². The van der Waals surface area contributed by atoms with Crippen LogP contribution in [0.25, 0.3) is 5.57 Å². The molecule has 6 heteroatoms. The number of carbonyl (C=O) groups is 2. The lowest BCUT2D eigenvalue weighted by atomic mass is 9.97. The van der Waals surface area contributed by atoms with E-state index < -0.39 is 5.92 Å². The normalized spacial score (nSPS) is 16.6. The minimum Gasteiger partial charge on any atom is -0.399 e. The molecule has 0 radical (unpaired) electrons. The van der Waals surface area contributed by atoms with Crippen LogP contribution in [0.15, 0.2) is 61.2 Å². The molecule has 1 fully saturated rings. The van der Waals surface area contributed by atoms with Gasteiger partial charge in [0.25, 0.3) is 0 Å². The maximum absolute atomic E-state index is 12.7. The zero-order valence-electron chi connectivity index (χ0n) is 17.0. The Balaban J connectivity index is 1.60. The van der Waals surface area contributed by atoms with E-state index in [0.29, 0.717) is 36.6 Å². The highest BCUT2D eigenvalue weighted by Gasteiger charge is 2.37. The number of aryl methyl sites for hydroxylation is 1. The zero-order valence-corrected chi connectivity index (χ0v) is 17.8. The number of hydrogen-bond donors (Lipinski definition) is 2. The number of amides is 2. The van der Waals surface area contributed by atoms with Crippen molar-refractivity contribution in [2.24, 2.45) is 5.92 Å². The van der Waals surface area contributed by atoms with Gasteiger partial charge in [-0.1, -0.05) is 36.4 Å². The summed E-state index contributed by atoms with van der Waals surface area (Å²) in [6.07, 6.45) is 4.76. The maximum Gasteiger partial charge on any atom is 0.239 e. The van der Waals surface area contributed by atoms with Crippen LogP contribution in [-0.4, -0.2) is 24.9 Å². The van der Waals surface area contributed by atoms with Crippen LogP contribution in [0.1, 0.15) is 24.0 Å². The standard InChI is InChI=1S/C24H26ClN3O2/c1-3-4-17(22-15-18(25)6-5-16(22)2)11-13-27-23(29)21-12-14-28(24(21)30)20-9-7-19(26)8-10-20/h3-10,15,21H,1,11-14,26H2,2H3,(H,27,29)/b17-4-. The Morgan fingerprint density at radius 1 is 1.30 bits per heavy atom. The highest BCUT2D eigenvalue weighted by Crippen LogP contribution is 2.27. The third-order valence-electron chi connectivity index (χ3n) is 5.28. The minimum absolute atomic E-state index is 0.176. The van der Waals surface area contributed by atoms with Crippen molar-refractivity contribution in [2.45, 2.75) is 19.8 Å². The van der Waals surface area contributed by atoms with E-state index in [2.05, 4.69) is 11.9 Å². The summed E-state index contributed by atoms with van der Waals surface area (Å²) in [5, 5.41) is 3.58. The molecule has 0 bridgehead atoms. The number of hydrogen-bond acceptors (Lipinski definition) is 3. The lowest BCUT2D eigenvalue weighted by molar-refractivity contribution is -0.132. The predicted molar refractivity (Wildman–Crippen MR) is 123 cm³/mol. The molecule has 5 nitrogen and oxygen atoms in total. The molecule has 2 aromatic carbocycles. The minimum atomic E-state index is -0.665. The van der Waals surface area contributed by atoms with Gasteiger partial charge in [0.1, 0.15) is 5.92 Å². The summed E-state index contributed by atoms with van der Waals surface area (Å²) in [5.41, 5.74) is 10.3. The Kier molecular flexibility index (Phi) is 6.95. The second-order valence-electron chi connectivity index (χ2n) is 7.35. The molecule has 2 aromatic rings. The monoisotopic (exact) mass is 423 g/mol. The SMILES string of the molecule is C=C/C=C(/CCNC(=O)C1CCN(c2ccc(N)cc2)C1=O)c1cc(Cl)ccc1C. The van der Waals surface area contributed by atoms with Crippen LogP contribution in [0, 0.1) is 12.8 Å². The largest absolute Gasteiger partial charge is 0.399 e. The lowest BCUT2D eigenvalue weighted by Gasteiger charge is -2.17. The van der Waals surface area contributed by atoms with Gasteiger partial charge >= 0.3 is 0 Å². The molecule has 1 atom stereocenters. The van der Waals surface area contributed by atoms with Crippen LogP contribution < -0.4 is 16.0 Å². The molecule has 0 saturated carbocycles. The van der Waals surface area contributed by atoms with Gasteiger partial charge in [0, 0.05) is 29.5 Å². The number of benzene rings is 2. The fourth-order valence-corrected chi connectivity index (χ4v) is 3.84. The number of carbonyl (C=O) groups excluding carboxylic acids is 2. The van der Waals surface area contributed by atoms with Crippen molar-refractivity contribution in [3.63, 3.8) is 0 Å². The highest BCUT2D eigenvalue weighted by atomic mass is 35.5. The van der Waals surface area contributed by atoms with E-state index in [1.165, 1.54) is 0 Å². The topological polar surface area (TPSA) is 75.4 Å². The van der Waals surface area contributed by atoms with E-state index >= 15 is 0 Å². The first kappa shape index (κ1) is 21.7. The van der Waals surface area contributed by atoms with E-state index in [1.807, 2.05) is 31.2 Å². The average molecular weight is 424 g/mol. The average Bonchev–Trinajstić information content (AvgIpc) is 3.11.